The number of methoxy groups -OCH3 is 2. The first-order chi connectivity index (χ1) is 7.60. The first kappa shape index (κ1) is 12.5. The summed E-state index contributed by atoms with van der Waals surface area (Å²) in [5, 5.41) is -0.922. The molecule has 0 aliphatic rings. The van der Waals surface area contributed by atoms with Crippen molar-refractivity contribution < 1.29 is 19.1 Å². The van der Waals surface area contributed by atoms with Crippen LogP contribution in [-0.4, -0.2) is 26.2 Å². The second-order valence-electron chi connectivity index (χ2n) is 3.00. The molecule has 0 aromatic heterocycles. The van der Waals surface area contributed by atoms with Crippen molar-refractivity contribution in [3.05, 3.63) is 35.4 Å². The molecule has 0 unspecified atom stereocenters. The maximum absolute atomic E-state index is 11.2. The molecule has 0 aliphatic carbocycles. The molecular formula is C11H11ClO4. The lowest BCUT2D eigenvalue weighted by Crippen LogP contribution is -2.10. The average Bonchev–Trinajstić information content (AvgIpc) is 2.36. The maximum atomic E-state index is 11.2. The molecule has 5 heteroatoms. The van der Waals surface area contributed by atoms with Crippen molar-refractivity contribution in [2.75, 3.05) is 14.2 Å². The van der Waals surface area contributed by atoms with Gasteiger partial charge in [-0.3, -0.25) is 4.79 Å². The van der Waals surface area contributed by atoms with Crippen LogP contribution >= 0.6 is 11.6 Å². The number of ether oxygens (including phenoxy) is 2. The van der Waals surface area contributed by atoms with E-state index in [0.717, 1.165) is 0 Å². The van der Waals surface area contributed by atoms with Gasteiger partial charge in [-0.15, -0.1) is 11.6 Å². The molecule has 1 rings (SSSR count). The zero-order valence-corrected chi connectivity index (χ0v) is 9.65. The third-order valence-electron chi connectivity index (χ3n) is 2.01. The zero-order chi connectivity index (χ0) is 12.1. The van der Waals surface area contributed by atoms with Crippen molar-refractivity contribution in [1.82, 2.24) is 0 Å². The van der Waals surface area contributed by atoms with Gasteiger partial charge in [-0.1, -0.05) is 12.1 Å². The highest BCUT2D eigenvalue weighted by molar-refractivity contribution is 6.30. The summed E-state index contributed by atoms with van der Waals surface area (Å²) >= 11 is 5.85. The number of hydrogen-bond acceptors (Lipinski definition) is 4. The predicted octanol–water partition coefficient (Wildman–Crippen LogP) is 1.93. The molecule has 86 valence electrons. The van der Waals surface area contributed by atoms with Gasteiger partial charge in [0.25, 0.3) is 0 Å². The van der Waals surface area contributed by atoms with Crippen LogP contribution < -0.4 is 0 Å². The van der Waals surface area contributed by atoms with Crippen molar-refractivity contribution in [3.63, 3.8) is 0 Å². The van der Waals surface area contributed by atoms with E-state index in [1.54, 1.807) is 18.2 Å². The minimum absolute atomic E-state index is 0.342. The molecule has 0 saturated heterocycles. The molecule has 0 radical (unpaired) electrons. The number of alkyl halides is 1. The average molecular weight is 243 g/mol. The first-order valence-electron chi connectivity index (χ1n) is 4.50. The van der Waals surface area contributed by atoms with Gasteiger partial charge in [0, 0.05) is 0 Å². The van der Waals surface area contributed by atoms with Crippen molar-refractivity contribution in [2.45, 2.75) is 5.38 Å². The van der Waals surface area contributed by atoms with Gasteiger partial charge < -0.3 is 9.47 Å². The standard InChI is InChI=1S/C11H11ClO4/c1-15-10(13)8-5-3-4-7(6-8)9(12)11(14)16-2/h3-6,9H,1-2H3/t9-/m0/s1. The van der Waals surface area contributed by atoms with Gasteiger partial charge in [0.15, 0.2) is 5.38 Å². The van der Waals surface area contributed by atoms with Crippen LogP contribution in [0.3, 0.4) is 0 Å². The molecule has 0 aliphatic heterocycles. The molecule has 1 atom stereocenters. The Morgan fingerprint density at radius 2 is 1.94 bits per heavy atom. The Hall–Kier alpha value is -1.55. The fourth-order valence-corrected chi connectivity index (χ4v) is 1.41. The van der Waals surface area contributed by atoms with Crippen LogP contribution in [0.5, 0.6) is 0 Å². The first-order valence-corrected chi connectivity index (χ1v) is 4.94. The molecule has 0 bridgehead atoms. The van der Waals surface area contributed by atoms with Gasteiger partial charge >= 0.3 is 11.9 Å². The topological polar surface area (TPSA) is 52.6 Å². The van der Waals surface area contributed by atoms with Gasteiger partial charge in [-0.2, -0.15) is 0 Å². The van der Waals surface area contributed by atoms with Crippen LogP contribution in [0.4, 0.5) is 0 Å². The quantitative estimate of drug-likeness (QED) is 0.600. The number of rotatable bonds is 3. The molecule has 4 nitrogen and oxygen atoms in total. The smallest absolute Gasteiger partial charge is 0.337 e. The Balaban J connectivity index is 2.98. The Kier molecular flexibility index (Phi) is 4.31. The van der Waals surface area contributed by atoms with Crippen LogP contribution in [0.15, 0.2) is 24.3 Å². The molecule has 0 N–H and O–H groups in total. The Morgan fingerprint density at radius 1 is 1.25 bits per heavy atom. The summed E-state index contributed by atoms with van der Waals surface area (Å²) in [5.41, 5.74) is 0.839. The number of carbonyl (C=O) groups is 2. The van der Waals surface area contributed by atoms with Crippen LogP contribution in [-0.2, 0) is 14.3 Å². The molecule has 0 amide bonds. The monoisotopic (exact) mass is 242 g/mol. The lowest BCUT2D eigenvalue weighted by Gasteiger charge is -2.08. The third kappa shape index (κ3) is 2.73. The Bertz CT molecular complexity index is 403. The van der Waals surface area contributed by atoms with Crippen LogP contribution in [0, 0.1) is 0 Å². The molecule has 1 aromatic rings. The normalized spacial score (nSPS) is 11.7. The summed E-state index contributed by atoms with van der Waals surface area (Å²) in [6.45, 7) is 0. The predicted molar refractivity (Wildman–Crippen MR) is 58.4 cm³/mol. The number of halogens is 1. The molecule has 0 fully saturated rings. The molecule has 0 spiro atoms. The third-order valence-corrected chi connectivity index (χ3v) is 2.44. The minimum atomic E-state index is -0.922. The fraction of sp³-hybridized carbons (Fsp3) is 0.273. The van der Waals surface area contributed by atoms with E-state index >= 15 is 0 Å². The number of hydrogen-bond donors (Lipinski definition) is 0. The summed E-state index contributed by atoms with van der Waals surface area (Å²) in [5.74, 6) is -1.04. The lowest BCUT2D eigenvalue weighted by atomic mass is 10.1. The van der Waals surface area contributed by atoms with E-state index in [0.29, 0.717) is 11.1 Å². The maximum Gasteiger partial charge on any atom is 0.337 e. The molecule has 16 heavy (non-hydrogen) atoms. The number of carbonyl (C=O) groups excluding carboxylic acids is 2. The van der Waals surface area contributed by atoms with Gasteiger partial charge in [0.2, 0.25) is 0 Å². The molecule has 0 heterocycles. The van der Waals surface area contributed by atoms with Crippen molar-refractivity contribution in [3.8, 4) is 0 Å². The summed E-state index contributed by atoms with van der Waals surface area (Å²) in [7, 11) is 2.54. The molecular weight excluding hydrogens is 232 g/mol. The van der Waals surface area contributed by atoms with E-state index in [1.807, 2.05) is 0 Å². The van der Waals surface area contributed by atoms with Gasteiger partial charge in [0.1, 0.15) is 0 Å². The van der Waals surface area contributed by atoms with Gasteiger partial charge in [-0.25, -0.2) is 4.79 Å². The van der Waals surface area contributed by atoms with E-state index in [4.69, 9.17) is 11.6 Å². The Morgan fingerprint density at radius 3 is 2.50 bits per heavy atom. The van der Waals surface area contributed by atoms with Crippen LogP contribution in [0.1, 0.15) is 21.3 Å². The van der Waals surface area contributed by atoms with Crippen molar-refractivity contribution in [1.29, 1.82) is 0 Å². The summed E-state index contributed by atoms with van der Waals surface area (Å²) in [4.78, 5) is 22.4. The van der Waals surface area contributed by atoms with Crippen LogP contribution in [0.2, 0.25) is 0 Å². The highest BCUT2D eigenvalue weighted by atomic mass is 35.5. The lowest BCUT2D eigenvalue weighted by molar-refractivity contribution is -0.140. The van der Waals surface area contributed by atoms with E-state index in [9.17, 15) is 9.59 Å². The van der Waals surface area contributed by atoms with Gasteiger partial charge in [-0.05, 0) is 17.7 Å². The fourth-order valence-electron chi connectivity index (χ4n) is 1.18. The van der Waals surface area contributed by atoms with Gasteiger partial charge in [0.05, 0.1) is 19.8 Å². The number of benzene rings is 1. The summed E-state index contributed by atoms with van der Waals surface area (Å²) < 4.78 is 9.07. The van der Waals surface area contributed by atoms with E-state index < -0.39 is 17.3 Å². The van der Waals surface area contributed by atoms with Crippen molar-refractivity contribution in [2.24, 2.45) is 0 Å². The Labute approximate surface area is 98.1 Å². The summed E-state index contributed by atoms with van der Waals surface area (Å²) in [6, 6.07) is 6.34. The van der Waals surface area contributed by atoms with Crippen molar-refractivity contribution >= 4 is 23.5 Å². The molecule has 1 aromatic carbocycles. The van der Waals surface area contributed by atoms with E-state index in [-0.39, 0.29) is 0 Å². The second-order valence-corrected chi connectivity index (χ2v) is 3.44. The van der Waals surface area contributed by atoms with Crippen LogP contribution in [0.25, 0.3) is 0 Å². The largest absolute Gasteiger partial charge is 0.468 e. The molecule has 0 saturated carbocycles. The highest BCUT2D eigenvalue weighted by Gasteiger charge is 2.19. The minimum Gasteiger partial charge on any atom is -0.468 e. The van der Waals surface area contributed by atoms with E-state index in [2.05, 4.69) is 9.47 Å². The zero-order valence-electron chi connectivity index (χ0n) is 8.90. The summed E-state index contributed by atoms with van der Waals surface area (Å²) in [6.07, 6.45) is 0. The SMILES string of the molecule is COC(=O)c1cccc([C@H](Cl)C(=O)OC)c1. The second kappa shape index (κ2) is 5.51. The number of esters is 2. The highest BCUT2D eigenvalue weighted by Crippen LogP contribution is 2.22. The van der Waals surface area contributed by atoms with E-state index in [1.165, 1.54) is 20.3 Å².